The lowest BCUT2D eigenvalue weighted by Gasteiger charge is -2.06. The quantitative estimate of drug-likeness (QED) is 0.780. The molecule has 2 N–H and O–H groups in total. The second-order valence-electron chi connectivity index (χ2n) is 3.78. The monoisotopic (exact) mass is 333 g/mol. The number of unbranched alkanes of at least 4 members (excludes halogenated alkanes) is 1. The number of carbonyl (C=O) groups excluding carboxylic acids is 1. The molecule has 0 aromatic heterocycles. The van der Waals surface area contributed by atoms with E-state index in [0.29, 0.717) is 34.4 Å². The highest BCUT2D eigenvalue weighted by Gasteiger charge is 2.05. The molecule has 1 rings (SSSR count). The number of rotatable bonds is 6. The Balaban J connectivity index is 2.35. The molecule has 1 aromatic rings. The van der Waals surface area contributed by atoms with Crippen LogP contribution in [-0.2, 0) is 9.59 Å². The van der Waals surface area contributed by atoms with Crippen molar-refractivity contribution in [2.45, 2.75) is 25.7 Å². The highest BCUT2D eigenvalue weighted by molar-refractivity contribution is 9.10. The van der Waals surface area contributed by atoms with Crippen molar-refractivity contribution < 1.29 is 14.7 Å². The number of hydrogen-bond acceptors (Lipinski definition) is 2. The zero-order valence-corrected chi connectivity index (χ0v) is 11.9. The van der Waals surface area contributed by atoms with Crippen LogP contribution in [0.15, 0.2) is 22.7 Å². The first-order valence-electron chi connectivity index (χ1n) is 5.45. The number of carboxylic acid groups (broad SMARTS) is 1. The number of aliphatic carboxylic acids is 1. The minimum Gasteiger partial charge on any atom is -0.481 e. The summed E-state index contributed by atoms with van der Waals surface area (Å²) in [6.45, 7) is 0. The van der Waals surface area contributed by atoms with Crippen LogP contribution in [0, 0.1) is 0 Å². The van der Waals surface area contributed by atoms with E-state index >= 15 is 0 Å². The van der Waals surface area contributed by atoms with Crippen molar-refractivity contribution >= 4 is 45.1 Å². The number of anilines is 1. The van der Waals surface area contributed by atoms with Gasteiger partial charge in [0.2, 0.25) is 5.91 Å². The van der Waals surface area contributed by atoms with Gasteiger partial charge in [-0.1, -0.05) is 11.6 Å². The summed E-state index contributed by atoms with van der Waals surface area (Å²) in [5.41, 5.74) is 0.662. The van der Waals surface area contributed by atoms with Crippen molar-refractivity contribution in [3.05, 3.63) is 27.7 Å². The highest BCUT2D eigenvalue weighted by Crippen LogP contribution is 2.25. The smallest absolute Gasteiger partial charge is 0.303 e. The molecule has 98 valence electrons. The number of carbonyl (C=O) groups is 2. The third kappa shape index (κ3) is 5.51. The van der Waals surface area contributed by atoms with E-state index in [9.17, 15) is 9.59 Å². The molecule has 0 saturated heterocycles. The van der Waals surface area contributed by atoms with Crippen LogP contribution in [-0.4, -0.2) is 17.0 Å². The first-order valence-corrected chi connectivity index (χ1v) is 6.63. The van der Waals surface area contributed by atoms with Gasteiger partial charge in [-0.25, -0.2) is 0 Å². The lowest BCUT2D eigenvalue weighted by Crippen LogP contribution is -2.11. The van der Waals surface area contributed by atoms with Gasteiger partial charge in [0.25, 0.3) is 0 Å². The number of hydrogen-bond donors (Lipinski definition) is 2. The van der Waals surface area contributed by atoms with E-state index in [0.717, 1.165) is 0 Å². The predicted octanol–water partition coefficient (Wildman–Crippen LogP) is 3.69. The second kappa shape index (κ2) is 7.38. The van der Waals surface area contributed by atoms with Crippen LogP contribution in [0.3, 0.4) is 0 Å². The van der Waals surface area contributed by atoms with Crippen molar-refractivity contribution in [2.75, 3.05) is 5.32 Å². The van der Waals surface area contributed by atoms with E-state index in [1.165, 1.54) is 0 Å². The molecule has 0 spiro atoms. The number of carboxylic acids is 1. The second-order valence-corrected chi connectivity index (χ2v) is 5.04. The zero-order chi connectivity index (χ0) is 13.5. The lowest BCUT2D eigenvalue weighted by molar-refractivity contribution is -0.137. The molecule has 0 aliphatic rings. The molecule has 1 amide bonds. The van der Waals surface area contributed by atoms with E-state index in [1.54, 1.807) is 18.2 Å². The van der Waals surface area contributed by atoms with E-state index in [1.807, 2.05) is 0 Å². The number of amides is 1. The number of halogens is 2. The highest BCUT2D eigenvalue weighted by atomic mass is 79.9. The fourth-order valence-corrected chi connectivity index (χ4v) is 1.86. The molecule has 0 fully saturated rings. The first-order chi connectivity index (χ1) is 8.49. The molecule has 0 radical (unpaired) electrons. The fourth-order valence-electron chi connectivity index (χ4n) is 1.36. The average molecular weight is 335 g/mol. The average Bonchev–Trinajstić information content (AvgIpc) is 2.29. The number of benzene rings is 1. The van der Waals surface area contributed by atoms with Gasteiger partial charge in [-0.3, -0.25) is 9.59 Å². The minimum atomic E-state index is -0.836. The van der Waals surface area contributed by atoms with Gasteiger partial charge in [-0.15, -0.1) is 0 Å². The van der Waals surface area contributed by atoms with Gasteiger partial charge in [-0.05, 0) is 47.0 Å². The Morgan fingerprint density at radius 3 is 2.56 bits per heavy atom. The molecule has 1 aromatic carbocycles. The van der Waals surface area contributed by atoms with E-state index < -0.39 is 5.97 Å². The molecule has 18 heavy (non-hydrogen) atoms. The summed E-state index contributed by atoms with van der Waals surface area (Å²) in [6, 6.07) is 5.12. The zero-order valence-electron chi connectivity index (χ0n) is 9.58. The van der Waals surface area contributed by atoms with Crippen molar-refractivity contribution in [3.63, 3.8) is 0 Å². The molecule has 4 nitrogen and oxygen atoms in total. The Morgan fingerprint density at radius 1 is 1.28 bits per heavy atom. The van der Waals surface area contributed by atoms with Crippen molar-refractivity contribution in [2.24, 2.45) is 0 Å². The fraction of sp³-hybridized carbons (Fsp3) is 0.333. The van der Waals surface area contributed by atoms with Gasteiger partial charge >= 0.3 is 5.97 Å². The normalized spacial score (nSPS) is 10.1. The summed E-state index contributed by atoms with van der Waals surface area (Å²) in [7, 11) is 0. The van der Waals surface area contributed by atoms with Gasteiger partial charge in [0.1, 0.15) is 0 Å². The third-order valence-corrected chi connectivity index (χ3v) is 3.46. The summed E-state index contributed by atoms with van der Waals surface area (Å²) in [6.07, 6.45) is 1.48. The molecule has 0 heterocycles. The van der Waals surface area contributed by atoms with Gasteiger partial charge in [0.15, 0.2) is 0 Å². The van der Waals surface area contributed by atoms with Crippen LogP contribution >= 0.6 is 27.5 Å². The van der Waals surface area contributed by atoms with Crippen LogP contribution in [0.1, 0.15) is 25.7 Å². The van der Waals surface area contributed by atoms with Crippen LogP contribution in [0.5, 0.6) is 0 Å². The molecule has 0 unspecified atom stereocenters. The third-order valence-electron chi connectivity index (χ3n) is 2.25. The standard InChI is InChI=1S/C12H13BrClNO3/c13-9-7-8(5-6-10(9)14)15-11(16)3-1-2-4-12(17)18/h5-7H,1-4H2,(H,15,16)(H,17,18). The molecule has 6 heteroatoms. The largest absolute Gasteiger partial charge is 0.481 e. The Morgan fingerprint density at radius 2 is 1.94 bits per heavy atom. The summed E-state index contributed by atoms with van der Waals surface area (Å²) < 4.78 is 0.716. The molecule has 0 atom stereocenters. The van der Waals surface area contributed by atoms with Crippen molar-refractivity contribution in [1.82, 2.24) is 0 Å². The van der Waals surface area contributed by atoms with Gasteiger partial charge in [0.05, 0.1) is 5.02 Å². The summed E-state index contributed by atoms with van der Waals surface area (Å²) in [5.74, 6) is -0.966. The van der Waals surface area contributed by atoms with Gasteiger partial charge < -0.3 is 10.4 Å². The van der Waals surface area contributed by atoms with Crippen LogP contribution in [0.25, 0.3) is 0 Å². The molecular weight excluding hydrogens is 321 g/mol. The van der Waals surface area contributed by atoms with Crippen molar-refractivity contribution in [1.29, 1.82) is 0 Å². The maximum absolute atomic E-state index is 11.5. The minimum absolute atomic E-state index is 0.0970. The summed E-state index contributed by atoms with van der Waals surface area (Å²) in [4.78, 5) is 21.8. The predicted molar refractivity (Wildman–Crippen MR) is 73.9 cm³/mol. The van der Waals surface area contributed by atoms with E-state index in [4.69, 9.17) is 16.7 Å². The van der Waals surface area contributed by atoms with E-state index in [2.05, 4.69) is 21.2 Å². The van der Waals surface area contributed by atoms with Crippen LogP contribution < -0.4 is 5.32 Å². The van der Waals surface area contributed by atoms with Gasteiger partial charge in [0, 0.05) is 23.0 Å². The molecule has 0 aliphatic heterocycles. The molecular formula is C12H13BrClNO3. The Kier molecular flexibility index (Phi) is 6.15. The Labute approximate surface area is 118 Å². The van der Waals surface area contributed by atoms with Crippen LogP contribution in [0.2, 0.25) is 5.02 Å². The summed E-state index contributed by atoms with van der Waals surface area (Å²) in [5, 5.41) is 11.8. The molecule has 0 bridgehead atoms. The topological polar surface area (TPSA) is 66.4 Å². The number of nitrogens with one attached hydrogen (secondary N) is 1. The molecule has 0 aliphatic carbocycles. The SMILES string of the molecule is O=C(O)CCCCC(=O)Nc1ccc(Cl)c(Br)c1. The first kappa shape index (κ1) is 15.0. The van der Waals surface area contributed by atoms with E-state index in [-0.39, 0.29) is 12.3 Å². The maximum atomic E-state index is 11.5. The molecule has 0 saturated carbocycles. The summed E-state index contributed by atoms with van der Waals surface area (Å²) >= 11 is 9.10. The Hall–Kier alpha value is -1.07. The van der Waals surface area contributed by atoms with Gasteiger partial charge in [-0.2, -0.15) is 0 Å². The Bertz CT molecular complexity index is 451. The lowest BCUT2D eigenvalue weighted by atomic mass is 10.2. The maximum Gasteiger partial charge on any atom is 0.303 e. The van der Waals surface area contributed by atoms with Crippen molar-refractivity contribution in [3.8, 4) is 0 Å². The van der Waals surface area contributed by atoms with Crippen LogP contribution in [0.4, 0.5) is 5.69 Å².